The third-order valence-electron chi connectivity index (χ3n) is 11.9. The Morgan fingerprint density at radius 3 is 2.26 bits per heavy atom. The molecule has 20 heteroatoms. The molecule has 0 radical (unpaired) electrons. The van der Waals surface area contributed by atoms with Crippen LogP contribution in [0.2, 0.25) is 0 Å². The first-order valence-corrected chi connectivity index (χ1v) is 21.1. The van der Waals surface area contributed by atoms with Gasteiger partial charge in [-0.3, -0.25) is 19.2 Å². The number of aliphatic hydroxyl groups is 1. The summed E-state index contributed by atoms with van der Waals surface area (Å²) in [6, 6.07) is 5.15. The van der Waals surface area contributed by atoms with Gasteiger partial charge in [-0.25, -0.2) is 4.79 Å². The fourth-order valence-corrected chi connectivity index (χ4v) is 9.31. The first-order valence-electron chi connectivity index (χ1n) is 20.2. The second-order valence-corrected chi connectivity index (χ2v) is 15.5. The van der Waals surface area contributed by atoms with Crippen molar-refractivity contribution in [2.45, 2.75) is 96.3 Å². The van der Waals surface area contributed by atoms with Crippen molar-refractivity contribution in [3.63, 3.8) is 0 Å². The zero-order valence-corrected chi connectivity index (χ0v) is 35.7. The van der Waals surface area contributed by atoms with E-state index in [1.807, 2.05) is 26.8 Å². The van der Waals surface area contributed by atoms with Crippen LogP contribution in [0.3, 0.4) is 0 Å². The van der Waals surface area contributed by atoms with Gasteiger partial charge in [-0.2, -0.15) is 12.6 Å². The number of carbonyl (C=O) groups is 5. The highest BCUT2D eigenvalue weighted by Gasteiger charge is 2.66. The molecule has 3 fully saturated rings. The number of fused-ring (bicyclic) bond motifs is 5. The number of unbranched alkanes of at least 4 members (excludes halogenated alkanes) is 2. The molecule has 0 aromatic heterocycles. The molecule has 4 aliphatic carbocycles. The van der Waals surface area contributed by atoms with Gasteiger partial charge < -0.3 is 39.5 Å². The smallest absolute Gasteiger partial charge is 0.465 e. The van der Waals surface area contributed by atoms with Crippen LogP contribution >= 0.6 is 12.6 Å². The molecule has 0 spiro atoms. The fraction of sp³-hybridized carbons (Fsp3) is 0.634. The maximum atomic E-state index is 13.9. The third kappa shape index (κ3) is 13.0. The molecule has 1 aromatic carbocycles. The summed E-state index contributed by atoms with van der Waals surface area (Å²) >= 11 is 3.53. The first kappa shape index (κ1) is 50.3. The Balaban J connectivity index is 0.000000890. The molecule has 0 amide bonds. The molecular weight excluding hydrogens is 823 g/mol. The lowest BCUT2D eigenvalue weighted by Crippen LogP contribution is -2.58. The van der Waals surface area contributed by atoms with Gasteiger partial charge in [-0.1, -0.05) is 51.0 Å². The molecule has 0 saturated heterocycles. The quantitative estimate of drug-likeness (QED) is 0.0247. The van der Waals surface area contributed by atoms with Gasteiger partial charge in [-0.15, -0.1) is 20.2 Å². The predicted molar refractivity (Wildman–Crippen MR) is 219 cm³/mol. The van der Waals surface area contributed by atoms with E-state index in [4.69, 9.17) is 24.7 Å². The van der Waals surface area contributed by atoms with Crippen LogP contribution in [-0.2, 0) is 49.5 Å². The topological polar surface area (TPSA) is 273 Å². The summed E-state index contributed by atoms with van der Waals surface area (Å²) in [6.45, 7) is 5.53. The van der Waals surface area contributed by atoms with Crippen LogP contribution in [0.5, 0.6) is 5.75 Å². The molecule has 3 N–H and O–H groups in total. The average Bonchev–Trinajstić information content (AvgIpc) is 3.50. The highest BCUT2D eigenvalue weighted by Crippen LogP contribution is 2.64. The van der Waals surface area contributed by atoms with Crippen LogP contribution in [0, 0.1) is 55.2 Å². The van der Waals surface area contributed by atoms with E-state index in [9.17, 15) is 49.3 Å². The van der Waals surface area contributed by atoms with Gasteiger partial charge in [0.1, 0.15) is 11.8 Å². The molecule has 5 rings (SSSR count). The van der Waals surface area contributed by atoms with Crippen molar-refractivity contribution in [2.24, 2.45) is 40.7 Å². The van der Waals surface area contributed by atoms with Crippen molar-refractivity contribution in [1.29, 1.82) is 0 Å². The van der Waals surface area contributed by atoms with E-state index < -0.39 is 69.7 Å². The molecule has 0 bridgehead atoms. The van der Waals surface area contributed by atoms with E-state index in [1.165, 1.54) is 12.1 Å². The first-order chi connectivity index (χ1) is 29.1. The predicted octanol–water partition coefficient (Wildman–Crippen LogP) is 4.76. The van der Waals surface area contributed by atoms with Crippen LogP contribution < -0.4 is 10.5 Å². The number of rotatable bonds is 19. The Morgan fingerprint density at radius 2 is 1.64 bits per heavy atom. The summed E-state index contributed by atoms with van der Waals surface area (Å²) < 4.78 is 21.2. The fourth-order valence-electron chi connectivity index (χ4n) is 9.31. The van der Waals surface area contributed by atoms with Gasteiger partial charge in [0, 0.05) is 23.2 Å². The number of allylic oxidation sites excluding steroid dienone is 4. The number of aliphatic hydroxyl groups excluding tert-OH is 1. The summed E-state index contributed by atoms with van der Waals surface area (Å²) in [4.78, 5) is 90.5. The van der Waals surface area contributed by atoms with Crippen molar-refractivity contribution in [2.75, 3.05) is 32.7 Å². The molecule has 4 aliphatic rings. The minimum atomic E-state index is -1.60. The Labute approximate surface area is 359 Å². The molecular formula is C41H57N3O16S. The number of carbonyl (C=O) groups excluding carboxylic acids is 5. The number of ketones is 2. The van der Waals surface area contributed by atoms with Crippen molar-refractivity contribution in [3.05, 3.63) is 73.9 Å². The number of Topliss-reactive ketones (excluding diaryl/α,β-unsaturated/α-hetero) is 1. The minimum Gasteiger partial charge on any atom is -0.465 e. The average molecular weight is 880 g/mol. The molecule has 1 aromatic rings. The van der Waals surface area contributed by atoms with E-state index >= 15 is 0 Å². The van der Waals surface area contributed by atoms with Crippen LogP contribution in [0.4, 0.5) is 4.79 Å². The lowest BCUT2D eigenvalue weighted by atomic mass is 9.49. The van der Waals surface area contributed by atoms with Gasteiger partial charge >= 0.3 is 12.1 Å². The van der Waals surface area contributed by atoms with E-state index in [-0.39, 0.29) is 68.4 Å². The number of esters is 1. The number of hydrogen-bond acceptors (Lipinski definition) is 18. The Hall–Kier alpha value is -5.08. The lowest BCUT2D eigenvalue weighted by molar-refractivity contribution is -0.757. The molecule has 9 atom stereocenters. The third-order valence-corrected chi connectivity index (χ3v) is 11.9. The van der Waals surface area contributed by atoms with Gasteiger partial charge in [0.2, 0.25) is 5.78 Å². The summed E-state index contributed by atoms with van der Waals surface area (Å²) in [5, 5.41) is 29.5. The summed E-state index contributed by atoms with van der Waals surface area (Å²) in [7, 11) is 0. The van der Waals surface area contributed by atoms with Gasteiger partial charge in [-0.05, 0) is 99.3 Å². The molecule has 8 unspecified atom stereocenters. The molecule has 338 valence electrons. The van der Waals surface area contributed by atoms with Crippen LogP contribution in [0.15, 0.2) is 48.1 Å². The van der Waals surface area contributed by atoms with Gasteiger partial charge in [0.15, 0.2) is 18.0 Å². The zero-order valence-electron chi connectivity index (χ0n) is 34.8. The summed E-state index contributed by atoms with van der Waals surface area (Å²) in [6.07, 6.45) is 9.57. The number of nitrogens with zero attached hydrogens (tertiary/aromatic N) is 2. The summed E-state index contributed by atoms with van der Waals surface area (Å²) in [5.41, 5.74) is 5.51. The van der Waals surface area contributed by atoms with Crippen molar-refractivity contribution >= 4 is 42.8 Å². The molecule has 0 heterocycles. The van der Waals surface area contributed by atoms with Gasteiger partial charge in [0.25, 0.3) is 16.6 Å². The Bertz CT molecular complexity index is 1760. The Kier molecular flexibility index (Phi) is 19.6. The summed E-state index contributed by atoms with van der Waals surface area (Å²) in [5.74, 6) is -2.26. The van der Waals surface area contributed by atoms with E-state index in [0.29, 0.717) is 31.2 Å². The zero-order chi connectivity index (χ0) is 45.3. The molecule has 0 aliphatic heterocycles. The van der Waals surface area contributed by atoms with Gasteiger partial charge in [0.05, 0.1) is 25.9 Å². The van der Waals surface area contributed by atoms with E-state index in [0.717, 1.165) is 24.8 Å². The monoisotopic (exact) mass is 879 g/mol. The number of nitrogens with two attached hydrogens (primary N) is 1. The largest absolute Gasteiger partial charge is 0.514 e. The van der Waals surface area contributed by atoms with Crippen molar-refractivity contribution in [3.8, 4) is 5.75 Å². The maximum Gasteiger partial charge on any atom is 0.514 e. The molecule has 19 nitrogen and oxygen atoms in total. The second kappa shape index (κ2) is 23.8. The number of benzene rings is 1. The normalized spacial score (nSPS) is 27.3. The lowest BCUT2D eigenvalue weighted by Gasteiger charge is -2.56. The number of hydrogen-bond donors (Lipinski definition) is 3. The van der Waals surface area contributed by atoms with E-state index in [2.05, 4.69) is 22.3 Å². The highest BCUT2D eigenvalue weighted by molar-refractivity contribution is 7.79. The highest BCUT2D eigenvalue weighted by atomic mass is 32.1. The van der Waals surface area contributed by atoms with Crippen LogP contribution in [0.1, 0.15) is 77.7 Å². The van der Waals surface area contributed by atoms with Crippen LogP contribution in [-0.4, -0.2) is 95.9 Å². The SMILES string of the molecule is CC1CC2C3CCC4=CC(=O)C=CC4(C)C3C(O)CC2[C@@]1(OC=O)C(=O)COC(=O)Oc1ccc(CC(N)C(=O)OCCCCO[N+](=O)[O-])cc1.CCCCO[N+](=O)[O-].CS. The van der Waals surface area contributed by atoms with Crippen molar-refractivity contribution < 1.29 is 67.9 Å². The maximum absolute atomic E-state index is 13.9. The minimum absolute atomic E-state index is 0.0232. The molecule has 61 heavy (non-hydrogen) atoms. The van der Waals surface area contributed by atoms with E-state index in [1.54, 1.807) is 30.5 Å². The second-order valence-electron chi connectivity index (χ2n) is 15.5. The van der Waals surface area contributed by atoms with Crippen LogP contribution in [0.25, 0.3) is 0 Å². The Morgan fingerprint density at radius 1 is 1.00 bits per heavy atom. The molecule has 3 saturated carbocycles. The standard InChI is InChI=1S/C36H44N2O13.C4H9NO3.CH4S/c1-21-15-27-26-10-7-23-17-24(40)11-12-35(23,2)32(26)30(41)18-28(27)36(21,49-20-39)31(42)19-48-34(44)51-25-8-5-22(6-9-25)16-29(37)33(43)47-13-3-4-14-50-38(45)46;1-2-3-4-8-5(6)7;1-2/h5-6,8-9,11-12,17,20-21,26-30,32,41H,3-4,7,10,13-16,18-19,37H2,1-2H3;2-4H2,1H3;2H,1H3/t21?,26?,27?,28?,29?,30?,32?,35?,36-;;/m1../s1. The number of ether oxygens (including phenoxy) is 4. The van der Waals surface area contributed by atoms with Crippen molar-refractivity contribution in [1.82, 2.24) is 0 Å². The number of thiol groups is 1.